The van der Waals surface area contributed by atoms with Crippen LogP contribution in [-0.2, 0) is 6.42 Å². The highest BCUT2D eigenvalue weighted by Crippen LogP contribution is 2.21. The van der Waals surface area contributed by atoms with Gasteiger partial charge in [-0.25, -0.2) is 0 Å². The third-order valence-electron chi connectivity index (χ3n) is 2.86. The molecule has 1 heterocycles. The Balaban J connectivity index is 2.16. The molecule has 0 aliphatic rings. The summed E-state index contributed by atoms with van der Waals surface area (Å²) in [5.41, 5.74) is 2.72. The van der Waals surface area contributed by atoms with Gasteiger partial charge in [-0.05, 0) is 42.5 Å². The molecule has 1 aromatic heterocycles. The van der Waals surface area contributed by atoms with E-state index in [0.29, 0.717) is 6.04 Å². The van der Waals surface area contributed by atoms with E-state index >= 15 is 0 Å². The smallest absolute Gasteiger partial charge is 0.0669 e. The van der Waals surface area contributed by atoms with Crippen LogP contribution in [0.2, 0.25) is 0 Å². The minimum Gasteiger partial charge on any atom is -0.309 e. The molecule has 4 heteroatoms. The average Bonchev–Trinajstić information content (AvgIpc) is 2.85. The normalized spacial score (nSPS) is 12.6. The number of aromatic nitrogens is 2. The highest BCUT2D eigenvalue weighted by Gasteiger charge is 2.14. The van der Waals surface area contributed by atoms with Crippen LogP contribution in [0.25, 0.3) is 0 Å². The molecule has 0 spiro atoms. The second kappa shape index (κ2) is 5.89. The molecule has 1 unspecified atom stereocenters. The molecular formula is C13H17N3S. The van der Waals surface area contributed by atoms with Gasteiger partial charge in [-0.1, -0.05) is 35.7 Å². The molecule has 0 fully saturated rings. The van der Waals surface area contributed by atoms with Gasteiger partial charge >= 0.3 is 0 Å². The van der Waals surface area contributed by atoms with E-state index in [2.05, 4.69) is 53.0 Å². The minimum atomic E-state index is 0.320. The van der Waals surface area contributed by atoms with Crippen LogP contribution in [0, 0.1) is 6.92 Å². The van der Waals surface area contributed by atoms with E-state index in [-0.39, 0.29) is 0 Å². The summed E-state index contributed by atoms with van der Waals surface area (Å²) in [6, 6.07) is 8.84. The number of nitrogens with zero attached hydrogens (tertiary/aromatic N) is 2. The van der Waals surface area contributed by atoms with E-state index in [1.165, 1.54) is 27.5 Å². The van der Waals surface area contributed by atoms with E-state index in [1.54, 1.807) is 0 Å². The predicted molar refractivity (Wildman–Crippen MR) is 71.2 cm³/mol. The highest BCUT2D eigenvalue weighted by molar-refractivity contribution is 7.05. The Morgan fingerprint density at radius 1 is 1.35 bits per heavy atom. The molecule has 0 amide bonds. The Bertz CT molecular complexity index is 453. The van der Waals surface area contributed by atoms with Gasteiger partial charge in [0.1, 0.15) is 0 Å². The molecule has 0 saturated carbocycles. The maximum Gasteiger partial charge on any atom is 0.0669 e. The first kappa shape index (κ1) is 12.2. The lowest BCUT2D eigenvalue weighted by molar-refractivity contribution is 0.556. The molecule has 90 valence electrons. The lowest BCUT2D eigenvalue weighted by Crippen LogP contribution is -2.22. The fourth-order valence-electron chi connectivity index (χ4n) is 1.91. The molecular weight excluding hydrogens is 230 g/mol. The van der Waals surface area contributed by atoms with Crippen molar-refractivity contribution in [2.24, 2.45) is 0 Å². The summed E-state index contributed by atoms with van der Waals surface area (Å²) in [6.07, 6.45) is 2.85. The quantitative estimate of drug-likeness (QED) is 0.883. The Labute approximate surface area is 106 Å². The summed E-state index contributed by atoms with van der Waals surface area (Å²) >= 11 is 1.47. The van der Waals surface area contributed by atoms with Crippen molar-refractivity contribution in [1.82, 2.24) is 14.9 Å². The van der Waals surface area contributed by atoms with Crippen LogP contribution in [0.15, 0.2) is 30.5 Å². The number of benzene rings is 1. The monoisotopic (exact) mass is 247 g/mol. The van der Waals surface area contributed by atoms with Crippen molar-refractivity contribution in [3.63, 3.8) is 0 Å². The Kier molecular flexibility index (Phi) is 4.23. The molecule has 17 heavy (non-hydrogen) atoms. The van der Waals surface area contributed by atoms with Crippen molar-refractivity contribution in [1.29, 1.82) is 0 Å². The van der Waals surface area contributed by atoms with Gasteiger partial charge in [0, 0.05) is 6.04 Å². The van der Waals surface area contributed by atoms with Crippen LogP contribution in [0.5, 0.6) is 0 Å². The van der Waals surface area contributed by atoms with Crippen molar-refractivity contribution in [2.45, 2.75) is 26.3 Å². The third kappa shape index (κ3) is 3.11. The van der Waals surface area contributed by atoms with Crippen LogP contribution < -0.4 is 5.32 Å². The van der Waals surface area contributed by atoms with Crippen molar-refractivity contribution < 1.29 is 0 Å². The number of hydrogen-bond donors (Lipinski definition) is 1. The Hall–Kier alpha value is -1.26. The largest absolute Gasteiger partial charge is 0.309 e. The zero-order chi connectivity index (χ0) is 12.1. The topological polar surface area (TPSA) is 37.8 Å². The first-order chi connectivity index (χ1) is 8.31. The fraction of sp³-hybridized carbons (Fsp3) is 0.385. The molecule has 0 radical (unpaired) electrons. The van der Waals surface area contributed by atoms with Gasteiger partial charge in [0.05, 0.1) is 11.1 Å². The summed E-state index contributed by atoms with van der Waals surface area (Å²) in [6.45, 7) is 5.23. The third-order valence-corrected chi connectivity index (χ3v) is 3.63. The molecule has 0 saturated heterocycles. The van der Waals surface area contributed by atoms with Crippen molar-refractivity contribution >= 4 is 11.5 Å². The van der Waals surface area contributed by atoms with E-state index in [1.807, 2.05) is 6.20 Å². The van der Waals surface area contributed by atoms with E-state index in [0.717, 1.165) is 13.0 Å². The van der Waals surface area contributed by atoms with Crippen LogP contribution in [0.1, 0.15) is 29.0 Å². The zero-order valence-electron chi connectivity index (χ0n) is 10.2. The van der Waals surface area contributed by atoms with Gasteiger partial charge in [-0.15, -0.1) is 5.10 Å². The maximum absolute atomic E-state index is 3.94. The molecule has 3 nitrogen and oxygen atoms in total. The minimum absolute atomic E-state index is 0.320. The molecule has 2 aromatic rings. The first-order valence-electron chi connectivity index (χ1n) is 5.86. The number of aryl methyl sites for hydroxylation is 1. The van der Waals surface area contributed by atoms with Crippen molar-refractivity contribution in [2.75, 3.05) is 6.54 Å². The second-order valence-corrected chi connectivity index (χ2v) is 4.88. The van der Waals surface area contributed by atoms with Gasteiger partial charge < -0.3 is 5.32 Å². The van der Waals surface area contributed by atoms with Gasteiger partial charge in [0.2, 0.25) is 0 Å². The molecule has 0 bridgehead atoms. The average molecular weight is 247 g/mol. The van der Waals surface area contributed by atoms with Gasteiger partial charge in [-0.3, -0.25) is 0 Å². The highest BCUT2D eigenvalue weighted by atomic mass is 32.1. The van der Waals surface area contributed by atoms with Gasteiger partial charge in [0.25, 0.3) is 0 Å². The molecule has 1 atom stereocenters. The summed E-state index contributed by atoms with van der Waals surface area (Å²) in [7, 11) is 0. The summed E-state index contributed by atoms with van der Waals surface area (Å²) in [5, 5.41) is 7.41. The molecule has 2 rings (SSSR count). The number of likely N-dealkylation sites (N-methyl/N-ethyl adjacent to an activating group) is 1. The molecule has 1 aromatic carbocycles. The van der Waals surface area contributed by atoms with E-state index in [9.17, 15) is 0 Å². The Morgan fingerprint density at radius 2 is 2.18 bits per heavy atom. The van der Waals surface area contributed by atoms with Crippen LogP contribution in [-0.4, -0.2) is 16.1 Å². The lowest BCUT2D eigenvalue weighted by Gasteiger charge is -2.16. The zero-order valence-corrected chi connectivity index (χ0v) is 11.0. The Morgan fingerprint density at radius 3 is 2.82 bits per heavy atom. The van der Waals surface area contributed by atoms with Crippen LogP contribution >= 0.6 is 11.5 Å². The van der Waals surface area contributed by atoms with Crippen LogP contribution in [0.3, 0.4) is 0 Å². The second-order valence-electron chi connectivity index (χ2n) is 4.06. The van der Waals surface area contributed by atoms with Crippen molar-refractivity contribution in [3.05, 3.63) is 46.5 Å². The lowest BCUT2D eigenvalue weighted by atomic mass is 10.0. The van der Waals surface area contributed by atoms with E-state index < -0.39 is 0 Å². The molecule has 0 aliphatic carbocycles. The van der Waals surface area contributed by atoms with Crippen molar-refractivity contribution in [3.8, 4) is 0 Å². The number of rotatable bonds is 5. The van der Waals surface area contributed by atoms with Gasteiger partial charge in [-0.2, -0.15) is 0 Å². The van der Waals surface area contributed by atoms with Crippen LogP contribution in [0.4, 0.5) is 0 Å². The predicted octanol–water partition coefficient (Wildman–Crippen LogP) is 2.74. The summed E-state index contributed by atoms with van der Waals surface area (Å²) < 4.78 is 3.94. The van der Waals surface area contributed by atoms with E-state index in [4.69, 9.17) is 0 Å². The maximum atomic E-state index is 3.94. The molecule has 0 aliphatic heterocycles. The SMILES string of the molecule is CCNC(Cc1ccccc1C)c1cnns1. The number of nitrogens with one attached hydrogen (secondary N) is 1. The van der Waals surface area contributed by atoms with Gasteiger partial charge in [0.15, 0.2) is 0 Å². The number of hydrogen-bond acceptors (Lipinski definition) is 4. The standard InChI is InChI=1S/C13H17N3S/c1-3-14-12(13-9-15-16-17-13)8-11-7-5-4-6-10(11)2/h4-7,9,12,14H,3,8H2,1-2H3. The summed E-state index contributed by atoms with van der Waals surface area (Å²) in [4.78, 5) is 1.20. The molecule has 1 N–H and O–H groups in total. The fourth-order valence-corrected chi connectivity index (χ4v) is 2.48. The first-order valence-corrected chi connectivity index (χ1v) is 6.63. The summed E-state index contributed by atoms with van der Waals surface area (Å²) in [5.74, 6) is 0.